The predicted molar refractivity (Wildman–Crippen MR) is 73.9 cm³/mol. The molecule has 1 aliphatic rings. The Morgan fingerprint density at radius 3 is 2.37 bits per heavy atom. The molecule has 1 amide bonds. The van der Waals surface area contributed by atoms with E-state index in [2.05, 4.69) is 0 Å². The second kappa shape index (κ2) is 5.31. The van der Waals surface area contributed by atoms with E-state index in [0.29, 0.717) is 0 Å². The van der Waals surface area contributed by atoms with E-state index in [1.54, 1.807) is 12.1 Å². The molecular weight excluding hydrogens is 309 g/mol. The Labute approximate surface area is 122 Å². The lowest BCUT2D eigenvalue weighted by atomic mass is 10.1. The molecule has 2 atom stereocenters. The van der Waals surface area contributed by atoms with Crippen LogP contribution in [0.25, 0.3) is 0 Å². The number of halogens is 2. The van der Waals surface area contributed by atoms with Crippen LogP contribution in [0.3, 0.4) is 0 Å². The van der Waals surface area contributed by atoms with E-state index in [4.69, 9.17) is 23.2 Å². The number of carbonyl (C=O) groups is 1. The number of alkyl halides is 2. The number of aryl methyl sites for hydroxylation is 1. The van der Waals surface area contributed by atoms with Crippen LogP contribution in [0.2, 0.25) is 0 Å². The molecule has 0 radical (unpaired) electrons. The number of carbonyl (C=O) groups excluding carboxylic acids is 1. The van der Waals surface area contributed by atoms with Crippen molar-refractivity contribution < 1.29 is 13.2 Å². The zero-order valence-electron chi connectivity index (χ0n) is 10.2. The van der Waals surface area contributed by atoms with Gasteiger partial charge in [0.2, 0.25) is 0 Å². The molecule has 104 valence electrons. The highest BCUT2D eigenvalue weighted by atomic mass is 35.5. The molecule has 0 aliphatic carbocycles. The van der Waals surface area contributed by atoms with E-state index in [-0.39, 0.29) is 23.2 Å². The van der Waals surface area contributed by atoms with Gasteiger partial charge in [0.25, 0.3) is 15.9 Å². The van der Waals surface area contributed by atoms with Crippen molar-refractivity contribution in [3.8, 4) is 0 Å². The first-order valence-electron chi connectivity index (χ1n) is 5.71. The molecule has 1 aromatic carbocycles. The van der Waals surface area contributed by atoms with Crippen LogP contribution in [0.1, 0.15) is 5.56 Å². The summed E-state index contributed by atoms with van der Waals surface area (Å²) in [4.78, 5) is 12.0. The Morgan fingerprint density at radius 2 is 1.89 bits per heavy atom. The molecule has 2 rings (SSSR count). The van der Waals surface area contributed by atoms with Crippen molar-refractivity contribution >= 4 is 39.1 Å². The van der Waals surface area contributed by atoms with E-state index in [9.17, 15) is 13.2 Å². The van der Waals surface area contributed by atoms with Crippen molar-refractivity contribution in [3.05, 3.63) is 29.8 Å². The smallest absolute Gasteiger partial charge is 0.266 e. The summed E-state index contributed by atoms with van der Waals surface area (Å²) in [5.41, 5.74) is 0.945. The number of nitrogens with zero attached hydrogens (tertiary/aromatic N) is 1. The molecule has 0 bridgehead atoms. The molecule has 1 aliphatic heterocycles. The molecule has 1 aromatic rings. The third-order valence-corrected chi connectivity index (χ3v) is 5.82. The van der Waals surface area contributed by atoms with Gasteiger partial charge in [-0.15, -0.1) is 23.2 Å². The van der Waals surface area contributed by atoms with Gasteiger partial charge >= 0.3 is 0 Å². The molecule has 7 heteroatoms. The maximum Gasteiger partial charge on any atom is 0.266 e. The lowest BCUT2D eigenvalue weighted by molar-refractivity contribution is -0.123. The van der Waals surface area contributed by atoms with Crippen LogP contribution in [0.5, 0.6) is 0 Å². The summed E-state index contributed by atoms with van der Waals surface area (Å²) in [5.74, 6) is -0.802. The predicted octanol–water partition coefficient (Wildman–Crippen LogP) is 1.99. The Kier molecular flexibility index (Phi) is 4.08. The minimum atomic E-state index is -3.84. The highest BCUT2D eigenvalue weighted by Gasteiger charge is 2.44. The molecule has 0 unspecified atom stereocenters. The molecular formula is C12H13Cl2NO3S. The van der Waals surface area contributed by atoms with Crippen molar-refractivity contribution in [3.63, 3.8) is 0 Å². The molecule has 1 fully saturated rings. The van der Waals surface area contributed by atoms with Crippen LogP contribution in [0.15, 0.2) is 29.2 Å². The summed E-state index contributed by atoms with van der Waals surface area (Å²) in [7, 11) is -3.84. The summed E-state index contributed by atoms with van der Waals surface area (Å²) in [5, 5.41) is -0.877. The van der Waals surface area contributed by atoms with Gasteiger partial charge in [-0.3, -0.25) is 4.79 Å². The van der Waals surface area contributed by atoms with Crippen LogP contribution in [-0.2, 0) is 14.8 Å². The van der Waals surface area contributed by atoms with Crippen LogP contribution < -0.4 is 0 Å². The second-order valence-corrected chi connectivity index (χ2v) is 7.14. The molecule has 0 saturated carbocycles. The van der Waals surface area contributed by atoms with Crippen LogP contribution in [0, 0.1) is 12.8 Å². The highest BCUT2D eigenvalue weighted by molar-refractivity contribution is 7.89. The first-order chi connectivity index (χ1) is 8.87. The van der Waals surface area contributed by atoms with Crippen LogP contribution in [-0.4, -0.2) is 36.4 Å². The average molecular weight is 322 g/mol. The van der Waals surface area contributed by atoms with Gasteiger partial charge in [-0.25, -0.2) is 12.7 Å². The van der Waals surface area contributed by atoms with Crippen molar-refractivity contribution in [1.29, 1.82) is 0 Å². The number of amides is 1. The summed E-state index contributed by atoms with van der Waals surface area (Å²) >= 11 is 11.6. The summed E-state index contributed by atoms with van der Waals surface area (Å²) in [6, 6.07) is 6.33. The second-order valence-electron chi connectivity index (χ2n) is 4.50. The van der Waals surface area contributed by atoms with E-state index >= 15 is 0 Å². The van der Waals surface area contributed by atoms with Gasteiger partial charge in [-0.1, -0.05) is 17.7 Å². The van der Waals surface area contributed by atoms with Gasteiger partial charge in [0.1, 0.15) is 5.38 Å². The number of sulfonamides is 1. The lowest BCUT2D eigenvalue weighted by Gasteiger charge is -2.16. The van der Waals surface area contributed by atoms with Gasteiger partial charge in [0.15, 0.2) is 0 Å². The molecule has 0 N–H and O–H groups in total. The highest BCUT2D eigenvalue weighted by Crippen LogP contribution is 2.29. The Bertz CT molecular complexity index is 585. The first-order valence-corrected chi connectivity index (χ1v) is 8.12. The molecule has 19 heavy (non-hydrogen) atoms. The number of hydrogen-bond donors (Lipinski definition) is 0. The molecule has 1 saturated heterocycles. The Hall–Kier alpha value is -0.780. The maximum absolute atomic E-state index is 12.4. The maximum atomic E-state index is 12.4. The fourth-order valence-electron chi connectivity index (χ4n) is 1.92. The SMILES string of the molecule is Cc1ccc(S(=O)(=O)N2C[C@@H](CCl)[C@@H](Cl)C2=O)cc1. The molecule has 0 aromatic heterocycles. The third kappa shape index (κ3) is 2.59. The summed E-state index contributed by atoms with van der Waals surface area (Å²) in [6.45, 7) is 1.89. The summed E-state index contributed by atoms with van der Waals surface area (Å²) in [6.07, 6.45) is 0. The number of hydrogen-bond acceptors (Lipinski definition) is 3. The minimum Gasteiger partial charge on any atom is -0.272 e. The van der Waals surface area contributed by atoms with E-state index < -0.39 is 21.3 Å². The van der Waals surface area contributed by atoms with Gasteiger partial charge in [0.05, 0.1) is 4.90 Å². The van der Waals surface area contributed by atoms with Gasteiger partial charge < -0.3 is 0 Å². The van der Waals surface area contributed by atoms with Crippen molar-refractivity contribution in [2.45, 2.75) is 17.2 Å². The normalized spacial score (nSPS) is 23.9. The van der Waals surface area contributed by atoms with Gasteiger partial charge in [-0.2, -0.15) is 0 Å². The van der Waals surface area contributed by atoms with E-state index in [1.807, 2.05) is 6.92 Å². The fourth-order valence-corrected chi connectivity index (χ4v) is 4.10. The monoisotopic (exact) mass is 321 g/mol. The largest absolute Gasteiger partial charge is 0.272 e. The minimum absolute atomic E-state index is 0.0344. The summed E-state index contributed by atoms with van der Waals surface area (Å²) < 4.78 is 25.6. The standard InChI is InChI=1S/C12H13Cl2NO3S/c1-8-2-4-10(5-3-8)19(17,18)15-7-9(6-13)11(14)12(15)16/h2-5,9,11H,6-7H2,1H3/t9-,11-/m1/s1. The van der Waals surface area contributed by atoms with Crippen molar-refractivity contribution in [1.82, 2.24) is 4.31 Å². The molecule has 1 heterocycles. The van der Waals surface area contributed by atoms with Crippen molar-refractivity contribution in [2.24, 2.45) is 5.92 Å². The lowest BCUT2D eigenvalue weighted by Crippen LogP contribution is -2.34. The molecule has 4 nitrogen and oxygen atoms in total. The quantitative estimate of drug-likeness (QED) is 0.800. The van der Waals surface area contributed by atoms with E-state index in [0.717, 1.165) is 9.87 Å². The van der Waals surface area contributed by atoms with Gasteiger partial charge in [-0.05, 0) is 19.1 Å². The number of benzene rings is 1. The molecule has 0 spiro atoms. The van der Waals surface area contributed by atoms with Crippen LogP contribution in [0.4, 0.5) is 0 Å². The Morgan fingerprint density at radius 1 is 1.32 bits per heavy atom. The zero-order valence-corrected chi connectivity index (χ0v) is 12.5. The van der Waals surface area contributed by atoms with Crippen LogP contribution >= 0.6 is 23.2 Å². The first kappa shape index (κ1) is 14.6. The topological polar surface area (TPSA) is 54.5 Å². The third-order valence-electron chi connectivity index (χ3n) is 3.10. The van der Waals surface area contributed by atoms with E-state index in [1.165, 1.54) is 12.1 Å². The number of rotatable bonds is 3. The zero-order chi connectivity index (χ0) is 14.2. The average Bonchev–Trinajstić information content (AvgIpc) is 2.67. The van der Waals surface area contributed by atoms with Crippen molar-refractivity contribution in [2.75, 3.05) is 12.4 Å². The Balaban J connectivity index is 2.36. The van der Waals surface area contributed by atoms with Gasteiger partial charge in [0, 0.05) is 18.3 Å². The fraction of sp³-hybridized carbons (Fsp3) is 0.417.